The van der Waals surface area contributed by atoms with E-state index in [1.54, 1.807) is 7.11 Å². The van der Waals surface area contributed by atoms with Crippen LogP contribution in [0.5, 0.6) is 11.5 Å². The Labute approximate surface area is 159 Å². The summed E-state index contributed by atoms with van der Waals surface area (Å²) in [6.45, 7) is 4.56. The van der Waals surface area contributed by atoms with Crippen molar-refractivity contribution in [2.75, 3.05) is 20.7 Å². The largest absolute Gasteiger partial charge is 0.493 e. The number of aromatic amines is 1. The molecule has 0 unspecified atom stereocenters. The third kappa shape index (κ3) is 3.69. The first-order valence-corrected chi connectivity index (χ1v) is 9.25. The van der Waals surface area contributed by atoms with Gasteiger partial charge < -0.3 is 14.4 Å². The van der Waals surface area contributed by atoms with Crippen molar-refractivity contribution in [2.45, 2.75) is 26.5 Å². The Morgan fingerprint density at radius 1 is 1.11 bits per heavy atom. The molecule has 1 aromatic heterocycles. The van der Waals surface area contributed by atoms with Gasteiger partial charge in [0.25, 0.3) is 0 Å². The minimum absolute atomic E-state index is 0.512. The van der Waals surface area contributed by atoms with Crippen LogP contribution >= 0.6 is 0 Å². The molecule has 0 amide bonds. The van der Waals surface area contributed by atoms with Gasteiger partial charge in [0, 0.05) is 36.3 Å². The Kier molecular flexibility index (Phi) is 4.86. The summed E-state index contributed by atoms with van der Waals surface area (Å²) in [5.74, 6) is 1.46. The molecular weight excluding hydrogens is 338 g/mol. The number of H-pyrrole nitrogens is 1. The Bertz CT molecular complexity index is 931. The lowest BCUT2D eigenvalue weighted by Gasteiger charge is -2.22. The van der Waals surface area contributed by atoms with E-state index in [-0.39, 0.29) is 0 Å². The fourth-order valence-corrected chi connectivity index (χ4v) is 3.45. The summed E-state index contributed by atoms with van der Waals surface area (Å²) in [5.41, 5.74) is 6.94. The standard InChI is InChI=1S/C22H25N3O2/c1-15-4-6-16(7-5-15)14-27-20-9-8-17(12-21(20)26-3)22-18-13-25(2)11-10-19(18)23-24-22/h4-9,12H,10-11,13-14H2,1-3H3,(H,23,24). The average molecular weight is 363 g/mol. The summed E-state index contributed by atoms with van der Waals surface area (Å²) in [7, 11) is 3.81. The number of aromatic nitrogens is 2. The number of aryl methyl sites for hydroxylation is 1. The third-order valence-corrected chi connectivity index (χ3v) is 5.08. The van der Waals surface area contributed by atoms with E-state index in [0.29, 0.717) is 6.61 Å². The summed E-state index contributed by atoms with van der Waals surface area (Å²) >= 11 is 0. The van der Waals surface area contributed by atoms with Crippen LogP contribution in [-0.2, 0) is 19.6 Å². The zero-order chi connectivity index (χ0) is 18.8. The number of ether oxygens (including phenoxy) is 2. The highest BCUT2D eigenvalue weighted by atomic mass is 16.5. The summed E-state index contributed by atoms with van der Waals surface area (Å²) in [5, 5.41) is 7.76. The normalized spacial score (nSPS) is 14.0. The second kappa shape index (κ2) is 7.45. The van der Waals surface area contributed by atoms with Crippen molar-refractivity contribution in [3.05, 3.63) is 64.8 Å². The van der Waals surface area contributed by atoms with Gasteiger partial charge in [-0.3, -0.25) is 5.10 Å². The molecule has 1 aliphatic heterocycles. The van der Waals surface area contributed by atoms with Crippen molar-refractivity contribution >= 4 is 0 Å². The lowest BCUT2D eigenvalue weighted by molar-refractivity contribution is 0.284. The maximum absolute atomic E-state index is 5.99. The number of hydrogen-bond donors (Lipinski definition) is 1. The van der Waals surface area contributed by atoms with Gasteiger partial charge in [0.1, 0.15) is 6.61 Å². The molecule has 0 radical (unpaired) electrons. The first-order chi connectivity index (χ1) is 13.1. The maximum atomic E-state index is 5.99. The molecule has 0 saturated heterocycles. The molecule has 0 fully saturated rings. The number of hydrogen-bond acceptors (Lipinski definition) is 4. The van der Waals surface area contributed by atoms with Crippen LogP contribution in [-0.4, -0.2) is 35.8 Å². The number of likely N-dealkylation sites (N-methyl/N-ethyl adjacent to an activating group) is 1. The van der Waals surface area contributed by atoms with Gasteiger partial charge in [-0.25, -0.2) is 0 Å². The predicted octanol–water partition coefficient (Wildman–Crippen LogP) is 3.96. The van der Waals surface area contributed by atoms with Crippen molar-refractivity contribution in [1.29, 1.82) is 0 Å². The molecule has 4 rings (SSSR count). The summed E-state index contributed by atoms with van der Waals surface area (Å²) in [6.07, 6.45) is 1.01. The van der Waals surface area contributed by atoms with Gasteiger partial charge in [0.15, 0.2) is 11.5 Å². The number of nitrogens with zero attached hydrogens (tertiary/aromatic N) is 2. The fraction of sp³-hybridized carbons (Fsp3) is 0.318. The second-order valence-electron chi connectivity index (χ2n) is 7.16. The van der Waals surface area contributed by atoms with Crippen LogP contribution in [0.3, 0.4) is 0 Å². The van der Waals surface area contributed by atoms with Gasteiger partial charge in [-0.15, -0.1) is 0 Å². The number of rotatable bonds is 5. The molecule has 0 atom stereocenters. The van der Waals surface area contributed by atoms with Crippen LogP contribution in [0.25, 0.3) is 11.3 Å². The van der Waals surface area contributed by atoms with Crippen molar-refractivity contribution in [3.8, 4) is 22.8 Å². The Morgan fingerprint density at radius 2 is 1.93 bits per heavy atom. The van der Waals surface area contributed by atoms with Gasteiger partial charge in [0.2, 0.25) is 0 Å². The van der Waals surface area contributed by atoms with Crippen molar-refractivity contribution in [2.24, 2.45) is 0 Å². The molecule has 3 aromatic rings. The van der Waals surface area contributed by atoms with Gasteiger partial charge in [0.05, 0.1) is 12.8 Å². The highest BCUT2D eigenvalue weighted by molar-refractivity contribution is 5.68. The highest BCUT2D eigenvalue weighted by Crippen LogP contribution is 2.35. The molecule has 5 nitrogen and oxygen atoms in total. The first-order valence-electron chi connectivity index (χ1n) is 9.25. The molecule has 0 aliphatic carbocycles. The van der Waals surface area contributed by atoms with Crippen LogP contribution in [0, 0.1) is 6.92 Å². The molecule has 27 heavy (non-hydrogen) atoms. The SMILES string of the molecule is COc1cc(-c2n[nH]c3c2CN(C)CC3)ccc1OCc1ccc(C)cc1. The predicted molar refractivity (Wildman–Crippen MR) is 106 cm³/mol. The lowest BCUT2D eigenvalue weighted by atomic mass is 10.0. The zero-order valence-corrected chi connectivity index (χ0v) is 16.1. The van der Waals surface area contributed by atoms with Gasteiger partial charge >= 0.3 is 0 Å². The summed E-state index contributed by atoms with van der Waals surface area (Å²) in [6, 6.07) is 14.4. The molecule has 0 bridgehead atoms. The van der Waals surface area contributed by atoms with Crippen molar-refractivity contribution in [1.82, 2.24) is 15.1 Å². The zero-order valence-electron chi connectivity index (χ0n) is 16.1. The maximum Gasteiger partial charge on any atom is 0.161 e. The van der Waals surface area contributed by atoms with Crippen LogP contribution in [0.2, 0.25) is 0 Å². The first kappa shape index (κ1) is 17.6. The van der Waals surface area contributed by atoms with E-state index in [1.165, 1.54) is 16.8 Å². The van der Waals surface area contributed by atoms with E-state index in [1.807, 2.05) is 12.1 Å². The van der Waals surface area contributed by atoms with E-state index in [2.05, 4.69) is 59.4 Å². The highest BCUT2D eigenvalue weighted by Gasteiger charge is 2.21. The molecule has 2 aromatic carbocycles. The van der Waals surface area contributed by atoms with E-state index in [0.717, 1.165) is 47.8 Å². The molecule has 0 spiro atoms. The molecule has 1 N–H and O–H groups in total. The second-order valence-corrected chi connectivity index (χ2v) is 7.16. The van der Waals surface area contributed by atoms with Crippen LogP contribution in [0.15, 0.2) is 42.5 Å². The minimum Gasteiger partial charge on any atom is -0.493 e. The number of nitrogens with one attached hydrogen (secondary N) is 1. The monoisotopic (exact) mass is 363 g/mol. The third-order valence-electron chi connectivity index (χ3n) is 5.08. The average Bonchev–Trinajstić information content (AvgIpc) is 3.10. The Hall–Kier alpha value is -2.79. The van der Waals surface area contributed by atoms with Crippen LogP contribution in [0.1, 0.15) is 22.4 Å². The summed E-state index contributed by atoms with van der Waals surface area (Å²) in [4.78, 5) is 2.32. The van der Waals surface area contributed by atoms with E-state index in [4.69, 9.17) is 9.47 Å². The number of fused-ring (bicyclic) bond motifs is 1. The topological polar surface area (TPSA) is 50.4 Å². The molecule has 2 heterocycles. The van der Waals surface area contributed by atoms with Gasteiger partial charge in [-0.2, -0.15) is 5.10 Å². The van der Waals surface area contributed by atoms with Crippen LogP contribution in [0.4, 0.5) is 0 Å². The quantitative estimate of drug-likeness (QED) is 0.745. The van der Waals surface area contributed by atoms with Gasteiger partial charge in [-0.05, 0) is 37.7 Å². The van der Waals surface area contributed by atoms with E-state index >= 15 is 0 Å². The fourth-order valence-electron chi connectivity index (χ4n) is 3.45. The molecule has 0 saturated carbocycles. The van der Waals surface area contributed by atoms with Crippen molar-refractivity contribution in [3.63, 3.8) is 0 Å². The number of methoxy groups -OCH3 is 1. The Balaban J connectivity index is 1.57. The number of benzene rings is 2. The minimum atomic E-state index is 0.512. The van der Waals surface area contributed by atoms with Gasteiger partial charge in [-0.1, -0.05) is 29.8 Å². The molecule has 140 valence electrons. The summed E-state index contributed by atoms with van der Waals surface area (Å²) < 4.78 is 11.6. The van der Waals surface area contributed by atoms with E-state index in [9.17, 15) is 0 Å². The van der Waals surface area contributed by atoms with E-state index < -0.39 is 0 Å². The smallest absolute Gasteiger partial charge is 0.161 e. The molecule has 1 aliphatic rings. The molecular formula is C22H25N3O2. The van der Waals surface area contributed by atoms with Crippen LogP contribution < -0.4 is 9.47 Å². The molecule has 5 heteroatoms. The Morgan fingerprint density at radius 3 is 2.70 bits per heavy atom. The van der Waals surface area contributed by atoms with Crippen molar-refractivity contribution < 1.29 is 9.47 Å². The lowest BCUT2D eigenvalue weighted by Crippen LogP contribution is -2.26.